The Morgan fingerprint density at radius 2 is 0.477 bits per heavy atom. The molecule has 10 N–H and O–H groups in total. The van der Waals surface area contributed by atoms with Crippen LogP contribution < -0.4 is 40.1 Å². The van der Waals surface area contributed by atoms with Crippen molar-refractivity contribution < 1.29 is 58.5 Å². The first kappa shape index (κ1) is 57.1. The van der Waals surface area contributed by atoms with Crippen molar-refractivity contribution in [1.82, 2.24) is 19.9 Å². The van der Waals surface area contributed by atoms with Crippen molar-refractivity contribution in [3.63, 3.8) is 0 Å². The third-order valence-corrected chi connectivity index (χ3v) is 16.0. The summed E-state index contributed by atoms with van der Waals surface area (Å²) in [6.45, 7) is 2.22. The fourth-order valence-electron chi connectivity index (χ4n) is 11.4. The minimum atomic E-state index is -1.55. The molecule has 0 amide bonds. The highest BCUT2D eigenvalue weighted by Crippen LogP contribution is 2.38. The first-order valence-corrected chi connectivity index (χ1v) is 28.8. The lowest BCUT2D eigenvalue weighted by Gasteiger charge is -2.07. The van der Waals surface area contributed by atoms with Crippen LogP contribution >= 0.6 is 0 Å². The molecular weight excluding hydrogens is 1100 g/mol. The maximum Gasteiger partial charge on any atom is 0.488 e. The number of aromatic nitrogens is 8. The van der Waals surface area contributed by atoms with E-state index in [1.165, 1.54) is 0 Å². The van der Waals surface area contributed by atoms with Gasteiger partial charge in [0.05, 0.1) is 22.8 Å². The third-order valence-electron chi connectivity index (χ3n) is 16.0. The Labute approximate surface area is 507 Å². The van der Waals surface area contributed by atoms with Gasteiger partial charge in [-0.15, -0.1) is 0 Å². The molecule has 0 aliphatic carbocycles. The number of rotatable bonds is 16. The van der Waals surface area contributed by atoms with Crippen LogP contribution in [0.25, 0.3) is 90.9 Å². The summed E-state index contributed by atoms with van der Waals surface area (Å²) >= 11 is 0. The van der Waals surface area contributed by atoms with E-state index in [-0.39, 0.29) is 0 Å². The molecule has 426 valence electrons. The van der Waals surface area contributed by atoms with Gasteiger partial charge in [-0.1, -0.05) is 97.1 Å². The molecular formula is C68H58B4N8O8+4. The Hall–Kier alpha value is -9.98. The molecule has 0 saturated heterocycles. The molecule has 88 heavy (non-hydrogen) atoms. The Kier molecular flexibility index (Phi) is 16.1. The van der Waals surface area contributed by atoms with Gasteiger partial charge in [0.25, 0.3) is 0 Å². The summed E-state index contributed by atoms with van der Waals surface area (Å²) in [5, 5.41) is 77.7. The van der Waals surface area contributed by atoms with Crippen LogP contribution in [0.1, 0.15) is 45.0 Å². The number of aromatic amines is 2. The van der Waals surface area contributed by atoms with E-state index >= 15 is 0 Å². The van der Waals surface area contributed by atoms with Crippen molar-refractivity contribution in [2.24, 2.45) is 0 Å². The van der Waals surface area contributed by atoms with E-state index in [2.05, 4.69) is 113 Å². The highest BCUT2D eigenvalue weighted by Gasteiger charge is 2.23. The summed E-state index contributed by atoms with van der Waals surface area (Å²) in [5.74, 6) is 0. The molecule has 0 unspecified atom stereocenters. The van der Waals surface area contributed by atoms with Crippen LogP contribution in [-0.4, -0.2) is 88.6 Å². The van der Waals surface area contributed by atoms with Gasteiger partial charge in [-0.2, -0.15) is 0 Å². The highest BCUT2D eigenvalue weighted by atomic mass is 16.4. The summed E-state index contributed by atoms with van der Waals surface area (Å²) in [5.41, 5.74) is 19.1. The molecule has 7 aromatic heterocycles. The van der Waals surface area contributed by atoms with Crippen LogP contribution in [0.4, 0.5) is 0 Å². The lowest BCUT2D eigenvalue weighted by molar-refractivity contribution is -0.688. The molecule has 11 aromatic rings. The smallest absolute Gasteiger partial charge is 0.423 e. The number of hydrogen-bond donors (Lipinski definition) is 10. The van der Waals surface area contributed by atoms with Crippen molar-refractivity contribution in [3.05, 3.63) is 264 Å². The summed E-state index contributed by atoms with van der Waals surface area (Å²) in [6.07, 6.45) is 24.5. The average Bonchev–Trinajstić information content (AvgIpc) is 2.26. The van der Waals surface area contributed by atoms with Crippen LogP contribution in [0, 0.1) is 0 Å². The third kappa shape index (κ3) is 12.4. The number of fused-ring (bicyclic) bond motifs is 8. The fraction of sp³-hybridized carbons (Fsp3) is 0.0588. The molecule has 0 radical (unpaired) electrons. The zero-order chi connectivity index (χ0) is 60.4. The van der Waals surface area contributed by atoms with E-state index in [4.69, 9.17) is 9.97 Å². The van der Waals surface area contributed by atoms with Crippen LogP contribution in [0.3, 0.4) is 0 Å². The normalized spacial score (nSPS) is 11.7. The largest absolute Gasteiger partial charge is 0.488 e. The molecule has 13 rings (SSSR count). The molecule has 8 bridgehead atoms. The van der Waals surface area contributed by atoms with Gasteiger partial charge in [0.1, 0.15) is 0 Å². The topological polar surface area (TPSA) is 235 Å². The van der Waals surface area contributed by atoms with Crippen LogP contribution in [0.2, 0.25) is 0 Å². The standard InChI is InChI=1S/C68H57B4N8O8/c81-69(82)53-9-1-45(2-10-53)41-77-33-25-49(26-34-77)65-57-17-19-59(73-57)66(50-27-35-78(36-28-50)42-46-3-11-54(12-4-46)70(83)84)61-21-23-63(75-61)68(52-31-39-80(40-32-52)44-48-7-15-56(16-8-48)72(87)88)64-24-22-62(76-64)67(60-20-18-58(65)74-60)51-29-37-79(38-30-51)43-47-5-13-55(14-6-47)71(85)86/h1-40,81-88H,41-44H2,(H,73,74,75,76)/q+3/p+1. The van der Waals surface area contributed by atoms with Gasteiger partial charge in [0.15, 0.2) is 75.8 Å². The van der Waals surface area contributed by atoms with Crippen molar-refractivity contribution >= 4 is 96.7 Å². The minimum absolute atomic E-state index is 0.422. The fourth-order valence-corrected chi connectivity index (χ4v) is 11.4. The molecule has 20 heteroatoms. The zero-order valence-electron chi connectivity index (χ0n) is 47.5. The van der Waals surface area contributed by atoms with Gasteiger partial charge < -0.3 is 50.2 Å². The van der Waals surface area contributed by atoms with Gasteiger partial charge in [-0.3, -0.25) is 0 Å². The van der Waals surface area contributed by atoms with E-state index in [0.29, 0.717) is 59.4 Å². The van der Waals surface area contributed by atoms with Crippen LogP contribution in [-0.2, 0) is 26.2 Å². The van der Waals surface area contributed by atoms with E-state index in [1.807, 2.05) is 110 Å². The summed E-state index contributed by atoms with van der Waals surface area (Å²) in [6, 6.07) is 53.9. The van der Waals surface area contributed by atoms with Gasteiger partial charge in [-0.25, -0.2) is 28.2 Å². The van der Waals surface area contributed by atoms with E-state index in [9.17, 15) is 40.2 Å². The number of pyridine rings is 4. The van der Waals surface area contributed by atoms with Crippen molar-refractivity contribution in [2.45, 2.75) is 26.2 Å². The van der Waals surface area contributed by atoms with Crippen molar-refractivity contribution in [2.75, 3.05) is 0 Å². The zero-order valence-corrected chi connectivity index (χ0v) is 47.5. The van der Waals surface area contributed by atoms with E-state index < -0.39 is 28.5 Å². The lowest BCUT2D eigenvalue weighted by atomic mass is 9.80. The summed E-state index contributed by atoms with van der Waals surface area (Å²) in [4.78, 5) is 18.8. The second-order valence-electron chi connectivity index (χ2n) is 22.0. The second-order valence-corrected chi connectivity index (χ2v) is 22.0. The lowest BCUT2D eigenvalue weighted by Crippen LogP contribution is -2.34. The molecule has 2 aliphatic heterocycles. The Morgan fingerprint density at radius 1 is 0.261 bits per heavy atom. The Morgan fingerprint density at radius 3 is 0.727 bits per heavy atom. The van der Waals surface area contributed by atoms with Gasteiger partial charge >= 0.3 is 28.5 Å². The predicted molar refractivity (Wildman–Crippen MR) is 343 cm³/mol. The minimum Gasteiger partial charge on any atom is -0.423 e. The Bertz CT molecular complexity index is 4390. The molecule has 0 spiro atoms. The van der Waals surface area contributed by atoms with Crippen molar-refractivity contribution in [3.8, 4) is 44.5 Å². The number of H-pyrrole nitrogens is 2. The van der Waals surface area contributed by atoms with Crippen molar-refractivity contribution in [1.29, 1.82) is 0 Å². The molecule has 0 atom stereocenters. The molecule has 0 fully saturated rings. The van der Waals surface area contributed by atoms with E-state index in [0.717, 1.165) is 100 Å². The van der Waals surface area contributed by atoms with Crippen LogP contribution in [0.15, 0.2) is 219 Å². The van der Waals surface area contributed by atoms with Gasteiger partial charge in [-0.05, 0) is 92.7 Å². The van der Waals surface area contributed by atoms with E-state index in [1.54, 1.807) is 48.5 Å². The van der Waals surface area contributed by atoms with Gasteiger partial charge in [0, 0.05) is 115 Å². The number of hydrogen-bond acceptors (Lipinski definition) is 10. The molecule has 4 aromatic carbocycles. The molecule has 2 aliphatic rings. The first-order chi connectivity index (χ1) is 42.8. The highest BCUT2D eigenvalue weighted by molar-refractivity contribution is 6.59. The second kappa shape index (κ2) is 24.8. The maximum absolute atomic E-state index is 9.71. The predicted octanol–water partition coefficient (Wildman–Crippen LogP) is 3.39. The average molecular weight is 1160 g/mol. The maximum atomic E-state index is 9.71. The SMILES string of the molecule is OB(O)c1ccc(C[n+]2ccc(-c3c4nc(c(-c5cc[n+](Cc6ccc(B(O)O)cc6)cc5)c5ccc([nH]5)c(-c5cc[n+](Cc6ccc(B(O)O)cc6)cc5)c5ccc([nH]5)c(-c5cc[n+](Cc6ccc(B(O)O)cc6)cc5)c5nc3C=C5)C=C4)cc2)cc1. The summed E-state index contributed by atoms with van der Waals surface area (Å²) in [7, 11) is -6.18. The number of benzene rings is 4. The van der Waals surface area contributed by atoms with Gasteiger partial charge in [0.2, 0.25) is 0 Å². The Balaban J connectivity index is 0.994. The number of nitrogens with zero attached hydrogens (tertiary/aromatic N) is 6. The molecule has 9 heterocycles. The summed E-state index contributed by atoms with van der Waals surface area (Å²) < 4.78 is 8.30. The van der Waals surface area contributed by atoms with Crippen LogP contribution in [0.5, 0.6) is 0 Å². The number of nitrogens with one attached hydrogen (secondary N) is 2. The quantitative estimate of drug-likeness (QED) is 0.0501. The first-order valence-electron chi connectivity index (χ1n) is 28.8. The monoisotopic (exact) mass is 1160 g/mol. The molecule has 0 saturated carbocycles. The molecule has 16 nitrogen and oxygen atoms in total.